The second kappa shape index (κ2) is 10.4. The SMILES string of the molecule is CC.CC(C)c1cccc(-c2ncco2)n1.CC(C)c1ncco1. The monoisotopic (exact) mass is 329 g/mol. The van der Waals surface area contributed by atoms with Crippen molar-refractivity contribution in [2.75, 3.05) is 0 Å². The molecule has 3 aromatic heterocycles. The van der Waals surface area contributed by atoms with Crippen LogP contribution in [0.2, 0.25) is 0 Å². The molecule has 0 spiro atoms. The van der Waals surface area contributed by atoms with Crippen LogP contribution < -0.4 is 0 Å². The standard InChI is InChI=1S/C11H12N2O.C6H9NO.C2H6/c1-8(2)9-4-3-5-10(13-9)11-12-6-7-14-11;1-5(2)6-7-3-4-8-6;1-2/h3-8H,1-2H3;3-5H,1-2H3;1-2H3. The topological polar surface area (TPSA) is 65.0 Å². The van der Waals surface area contributed by atoms with Crippen LogP contribution in [0.25, 0.3) is 11.6 Å². The molecule has 0 N–H and O–H groups in total. The zero-order chi connectivity index (χ0) is 17.9. The van der Waals surface area contributed by atoms with Crippen molar-refractivity contribution in [3.8, 4) is 11.6 Å². The summed E-state index contributed by atoms with van der Waals surface area (Å²) in [5, 5.41) is 0. The Bertz CT molecular complexity index is 660. The number of pyridine rings is 1. The van der Waals surface area contributed by atoms with Gasteiger partial charge >= 0.3 is 0 Å². The second-order valence-corrected chi connectivity index (χ2v) is 5.46. The fourth-order valence-electron chi connectivity index (χ4n) is 1.76. The third kappa shape index (κ3) is 5.99. The molecular weight excluding hydrogens is 302 g/mol. The molecule has 0 saturated carbocycles. The fourth-order valence-corrected chi connectivity index (χ4v) is 1.76. The molecule has 0 radical (unpaired) electrons. The fraction of sp³-hybridized carbons (Fsp3) is 0.421. The first-order valence-corrected chi connectivity index (χ1v) is 8.34. The number of aromatic nitrogens is 3. The maximum absolute atomic E-state index is 5.18. The lowest BCUT2D eigenvalue weighted by Crippen LogP contribution is -1.93. The van der Waals surface area contributed by atoms with Crippen molar-refractivity contribution in [1.29, 1.82) is 0 Å². The summed E-state index contributed by atoms with van der Waals surface area (Å²) in [6, 6.07) is 5.89. The van der Waals surface area contributed by atoms with Gasteiger partial charge in [-0.3, -0.25) is 0 Å². The van der Waals surface area contributed by atoms with Crippen molar-refractivity contribution >= 4 is 0 Å². The lowest BCUT2D eigenvalue weighted by molar-refractivity contribution is 0.471. The minimum atomic E-state index is 0.407. The third-order valence-corrected chi connectivity index (χ3v) is 2.96. The van der Waals surface area contributed by atoms with Crippen LogP contribution in [-0.2, 0) is 0 Å². The van der Waals surface area contributed by atoms with Crippen LogP contribution in [0.15, 0.2) is 52.0 Å². The molecule has 0 unspecified atom stereocenters. The van der Waals surface area contributed by atoms with Gasteiger partial charge in [0.2, 0.25) is 5.89 Å². The Morgan fingerprint density at radius 1 is 0.833 bits per heavy atom. The molecule has 0 aromatic carbocycles. The van der Waals surface area contributed by atoms with E-state index in [9.17, 15) is 0 Å². The Morgan fingerprint density at radius 3 is 1.96 bits per heavy atom. The highest BCUT2D eigenvalue weighted by Gasteiger charge is 2.06. The molecule has 0 aliphatic rings. The van der Waals surface area contributed by atoms with Crippen molar-refractivity contribution in [3.63, 3.8) is 0 Å². The Hall–Kier alpha value is -2.43. The van der Waals surface area contributed by atoms with Crippen LogP contribution in [0, 0.1) is 0 Å². The van der Waals surface area contributed by atoms with Crippen LogP contribution in [0.5, 0.6) is 0 Å². The van der Waals surface area contributed by atoms with Gasteiger partial charge in [0.25, 0.3) is 0 Å². The summed E-state index contributed by atoms with van der Waals surface area (Å²) >= 11 is 0. The van der Waals surface area contributed by atoms with Crippen LogP contribution in [0.3, 0.4) is 0 Å². The summed E-state index contributed by atoms with van der Waals surface area (Å²) in [5.41, 5.74) is 1.85. The number of rotatable bonds is 3. The van der Waals surface area contributed by atoms with Gasteiger partial charge in [0.05, 0.1) is 12.4 Å². The van der Waals surface area contributed by atoms with Gasteiger partial charge < -0.3 is 8.83 Å². The Morgan fingerprint density at radius 2 is 1.50 bits per heavy atom. The first-order valence-electron chi connectivity index (χ1n) is 8.34. The highest BCUT2D eigenvalue weighted by molar-refractivity contribution is 5.46. The summed E-state index contributed by atoms with van der Waals surface area (Å²) in [6.45, 7) is 12.3. The predicted octanol–water partition coefficient (Wildman–Crippen LogP) is 5.68. The molecule has 0 bridgehead atoms. The lowest BCUT2D eigenvalue weighted by atomic mass is 10.1. The summed E-state index contributed by atoms with van der Waals surface area (Å²) < 4.78 is 10.2. The molecule has 0 aliphatic carbocycles. The number of hydrogen-bond donors (Lipinski definition) is 0. The molecule has 0 saturated heterocycles. The Kier molecular flexibility index (Phi) is 8.47. The zero-order valence-electron chi connectivity index (χ0n) is 15.4. The average molecular weight is 329 g/mol. The molecular formula is C19H27N3O2. The molecule has 130 valence electrons. The van der Waals surface area contributed by atoms with Crippen molar-refractivity contribution in [2.45, 2.75) is 53.4 Å². The quantitative estimate of drug-likeness (QED) is 0.618. The smallest absolute Gasteiger partial charge is 0.244 e. The van der Waals surface area contributed by atoms with Gasteiger partial charge in [-0.25, -0.2) is 15.0 Å². The van der Waals surface area contributed by atoms with E-state index in [0.29, 0.717) is 17.7 Å². The predicted molar refractivity (Wildman–Crippen MR) is 95.8 cm³/mol. The van der Waals surface area contributed by atoms with Gasteiger partial charge in [0, 0.05) is 11.6 Å². The highest BCUT2D eigenvalue weighted by atomic mass is 16.3. The summed E-state index contributed by atoms with van der Waals surface area (Å²) in [4.78, 5) is 12.5. The maximum atomic E-state index is 5.18. The molecule has 24 heavy (non-hydrogen) atoms. The van der Waals surface area contributed by atoms with E-state index in [0.717, 1.165) is 17.3 Å². The molecule has 0 amide bonds. The van der Waals surface area contributed by atoms with E-state index in [-0.39, 0.29) is 0 Å². The molecule has 5 nitrogen and oxygen atoms in total. The summed E-state index contributed by atoms with van der Waals surface area (Å²) in [7, 11) is 0. The maximum Gasteiger partial charge on any atom is 0.244 e. The van der Waals surface area contributed by atoms with Crippen molar-refractivity contribution in [1.82, 2.24) is 15.0 Å². The van der Waals surface area contributed by atoms with E-state index in [1.165, 1.54) is 0 Å². The summed E-state index contributed by atoms with van der Waals surface area (Å²) in [6.07, 6.45) is 6.43. The number of oxazole rings is 2. The van der Waals surface area contributed by atoms with Crippen LogP contribution in [0.1, 0.15) is 65.0 Å². The van der Waals surface area contributed by atoms with Crippen molar-refractivity contribution in [3.05, 3.63) is 54.7 Å². The second-order valence-electron chi connectivity index (χ2n) is 5.46. The molecule has 0 atom stereocenters. The molecule has 5 heteroatoms. The highest BCUT2D eigenvalue weighted by Crippen LogP contribution is 2.18. The van der Waals surface area contributed by atoms with Crippen LogP contribution in [0.4, 0.5) is 0 Å². The van der Waals surface area contributed by atoms with Crippen molar-refractivity contribution < 1.29 is 8.83 Å². The molecule has 0 aliphatic heterocycles. The molecule has 3 rings (SSSR count). The number of nitrogens with zero attached hydrogens (tertiary/aromatic N) is 3. The first-order chi connectivity index (χ1) is 11.6. The van der Waals surface area contributed by atoms with Gasteiger partial charge in [-0.2, -0.15) is 0 Å². The van der Waals surface area contributed by atoms with Gasteiger partial charge in [0.1, 0.15) is 18.2 Å². The van der Waals surface area contributed by atoms with Crippen LogP contribution >= 0.6 is 0 Å². The normalized spacial score (nSPS) is 10.0. The first kappa shape index (κ1) is 19.6. The minimum absolute atomic E-state index is 0.407. The van der Waals surface area contributed by atoms with E-state index in [2.05, 4.69) is 28.8 Å². The average Bonchev–Trinajstić information content (AvgIpc) is 3.31. The van der Waals surface area contributed by atoms with Gasteiger partial charge in [-0.15, -0.1) is 0 Å². The Labute approximate surface area is 144 Å². The van der Waals surface area contributed by atoms with E-state index >= 15 is 0 Å². The minimum Gasteiger partial charge on any atom is -0.449 e. The largest absolute Gasteiger partial charge is 0.449 e. The summed E-state index contributed by atoms with van der Waals surface area (Å²) in [5.74, 6) is 2.22. The van der Waals surface area contributed by atoms with Gasteiger partial charge in [-0.1, -0.05) is 47.6 Å². The van der Waals surface area contributed by atoms with E-state index in [1.807, 2.05) is 45.9 Å². The Balaban J connectivity index is 0.000000245. The van der Waals surface area contributed by atoms with E-state index in [1.54, 1.807) is 24.9 Å². The van der Waals surface area contributed by atoms with E-state index in [4.69, 9.17) is 8.83 Å². The van der Waals surface area contributed by atoms with Gasteiger partial charge in [-0.05, 0) is 18.1 Å². The lowest BCUT2D eigenvalue weighted by Gasteiger charge is -2.04. The molecule has 3 heterocycles. The van der Waals surface area contributed by atoms with Crippen LogP contribution in [-0.4, -0.2) is 15.0 Å². The molecule has 3 aromatic rings. The third-order valence-electron chi connectivity index (χ3n) is 2.96. The van der Waals surface area contributed by atoms with Crippen molar-refractivity contribution in [2.24, 2.45) is 0 Å². The van der Waals surface area contributed by atoms with E-state index < -0.39 is 0 Å². The number of hydrogen-bond acceptors (Lipinski definition) is 5. The molecule has 0 fully saturated rings. The van der Waals surface area contributed by atoms with Gasteiger partial charge in [0.15, 0.2) is 5.89 Å². The zero-order valence-corrected chi connectivity index (χ0v) is 15.4.